The number of halogens is 3. The predicted molar refractivity (Wildman–Crippen MR) is 276 cm³/mol. The summed E-state index contributed by atoms with van der Waals surface area (Å²) in [6.07, 6.45) is 2.50. The average Bonchev–Trinajstić information content (AvgIpc) is 3.58. The lowest BCUT2D eigenvalue weighted by Crippen LogP contribution is -2.25. The number of hydrogen-bond donors (Lipinski definition) is 5. The Kier molecular flexibility index (Phi) is 30.8. The maximum absolute atomic E-state index is 11.4. The SMILES string of the molecule is COC(=O)c1ccc(CBr)c(Br)c1.COC(=O)c1ccc(CCC[C@H](C)O)c(Br)c1.COC(=O)c1ccc2c(c1)O[C@@H](C)CNC2.C[C@H]1CNCc2ccc(C(=O)NO)cc2O1.S.S.S. The lowest BCUT2D eigenvalue weighted by atomic mass is 10.0. The van der Waals surface area contributed by atoms with Crippen LogP contribution in [0.25, 0.3) is 0 Å². The number of carbonyl (C=O) groups excluding carboxylic acids is 4. The van der Waals surface area contributed by atoms with Crippen LogP contribution >= 0.6 is 88.3 Å². The number of methoxy groups -OCH3 is 3. The van der Waals surface area contributed by atoms with Crippen LogP contribution in [0, 0.1) is 0 Å². The molecule has 0 radical (unpaired) electrons. The molecular formula is C45H60Br3N3O11S3. The molecule has 2 aliphatic heterocycles. The maximum Gasteiger partial charge on any atom is 0.337 e. The first kappa shape index (κ1) is 61.7. The number of hydroxylamine groups is 1. The van der Waals surface area contributed by atoms with Crippen LogP contribution in [0.2, 0.25) is 0 Å². The van der Waals surface area contributed by atoms with E-state index >= 15 is 0 Å². The quantitative estimate of drug-likeness (QED) is 0.0353. The Hall–Kier alpha value is -3.31. The summed E-state index contributed by atoms with van der Waals surface area (Å²) in [6.45, 7) is 8.81. The monoisotopic (exact) mass is 1150 g/mol. The Morgan fingerprint density at radius 2 is 1.09 bits per heavy atom. The number of carbonyl (C=O) groups is 4. The molecule has 5 N–H and O–H groups in total. The smallest absolute Gasteiger partial charge is 0.337 e. The summed E-state index contributed by atoms with van der Waals surface area (Å²) in [5.74, 6) is -0.0606. The lowest BCUT2D eigenvalue weighted by molar-refractivity contribution is 0.0591. The summed E-state index contributed by atoms with van der Waals surface area (Å²) in [5, 5.41) is 25.0. The fraction of sp³-hybridized carbons (Fsp3) is 0.378. The van der Waals surface area contributed by atoms with Gasteiger partial charge in [0.1, 0.15) is 23.7 Å². The molecule has 2 aliphatic rings. The van der Waals surface area contributed by atoms with Gasteiger partial charge in [0.2, 0.25) is 0 Å². The Labute approximate surface area is 427 Å². The van der Waals surface area contributed by atoms with E-state index in [-0.39, 0.29) is 76.7 Å². The van der Waals surface area contributed by atoms with Crippen molar-refractivity contribution in [2.75, 3.05) is 34.4 Å². The zero-order chi connectivity index (χ0) is 45.8. The molecule has 6 rings (SSSR count). The highest BCUT2D eigenvalue weighted by Crippen LogP contribution is 2.26. The third-order valence-corrected chi connectivity index (χ3v) is 11.3. The molecule has 4 aromatic rings. The fourth-order valence-electron chi connectivity index (χ4n) is 5.89. The number of benzene rings is 4. The zero-order valence-electron chi connectivity index (χ0n) is 37.0. The highest BCUT2D eigenvalue weighted by Gasteiger charge is 2.18. The Morgan fingerprint density at radius 3 is 1.49 bits per heavy atom. The van der Waals surface area contributed by atoms with Gasteiger partial charge >= 0.3 is 17.9 Å². The second-order valence-corrected chi connectivity index (χ2v) is 16.4. The van der Waals surface area contributed by atoms with E-state index in [1.165, 1.54) is 21.3 Å². The number of nitrogens with one attached hydrogen (secondary N) is 3. The number of ether oxygens (including phenoxy) is 5. The van der Waals surface area contributed by atoms with E-state index in [0.717, 1.165) is 87.7 Å². The van der Waals surface area contributed by atoms with Gasteiger partial charge in [-0.3, -0.25) is 10.0 Å². The third-order valence-electron chi connectivity index (χ3n) is 9.23. The summed E-state index contributed by atoms with van der Waals surface area (Å²) < 4.78 is 27.1. The first-order valence-corrected chi connectivity index (χ1v) is 22.4. The second kappa shape index (κ2) is 32.4. The molecule has 0 aromatic heterocycles. The summed E-state index contributed by atoms with van der Waals surface area (Å²) in [4.78, 5) is 45.0. The van der Waals surface area contributed by atoms with Gasteiger partial charge in [-0.05, 0) is 99.7 Å². The average molecular weight is 1150 g/mol. The molecule has 14 nitrogen and oxygen atoms in total. The molecule has 0 fully saturated rings. The number of esters is 3. The lowest BCUT2D eigenvalue weighted by Gasteiger charge is -2.12. The van der Waals surface area contributed by atoms with Crippen molar-refractivity contribution in [3.63, 3.8) is 0 Å². The van der Waals surface area contributed by atoms with E-state index in [2.05, 4.69) is 72.6 Å². The van der Waals surface area contributed by atoms with Crippen LogP contribution < -0.4 is 25.6 Å². The highest BCUT2D eigenvalue weighted by atomic mass is 79.9. The molecular weight excluding hydrogens is 1090 g/mol. The topological polar surface area (TPSA) is 191 Å². The van der Waals surface area contributed by atoms with Crippen molar-refractivity contribution in [3.8, 4) is 11.5 Å². The molecule has 65 heavy (non-hydrogen) atoms. The Morgan fingerprint density at radius 1 is 0.692 bits per heavy atom. The largest absolute Gasteiger partial charge is 0.489 e. The van der Waals surface area contributed by atoms with Crippen molar-refractivity contribution in [1.29, 1.82) is 0 Å². The van der Waals surface area contributed by atoms with Crippen LogP contribution in [0.4, 0.5) is 0 Å². The summed E-state index contributed by atoms with van der Waals surface area (Å²) in [6, 6.07) is 21.3. The Balaban J connectivity index is 0.000000831. The molecule has 4 aromatic carbocycles. The normalized spacial score (nSPS) is 14.6. The number of aryl methyl sites for hydroxylation is 1. The number of aliphatic hydroxyl groups is 1. The van der Waals surface area contributed by atoms with Gasteiger partial charge in [0, 0.05) is 57.1 Å². The highest BCUT2D eigenvalue weighted by molar-refractivity contribution is 9.11. The fourth-order valence-corrected chi connectivity index (χ4v) is 7.85. The van der Waals surface area contributed by atoms with Crippen molar-refractivity contribution >= 4 is 112 Å². The minimum absolute atomic E-state index is 0. The van der Waals surface area contributed by atoms with Crippen LogP contribution in [0.5, 0.6) is 11.5 Å². The molecule has 0 saturated heterocycles. The van der Waals surface area contributed by atoms with Crippen LogP contribution in [0.3, 0.4) is 0 Å². The standard InChI is InChI=1S/C13H17BrO3.C12H15NO3.C11H14N2O3.C9H8Br2O2.3H2S/c1-9(15)4-3-5-10-6-7-11(8-12(10)14)13(16)17-2;1-8-6-13-7-10-4-3-9(12(14)15-2)5-11(10)16-8;1-7-5-12-6-9-3-2-8(11(14)13-15)4-10(9)16-7;1-13-9(12)6-2-3-7(5-10)8(11)4-6;;;/h6-9,15H,3-5H2,1-2H3;3-5,8,13H,6-7H2,1-2H3;2-4,7,12,15H,5-6H2,1H3,(H,13,14);2-4H,5H2,1H3;3*1H2/t9-;8-;7-;;;;/m000..../s1. The van der Waals surface area contributed by atoms with Crippen LogP contribution in [-0.4, -0.2) is 86.9 Å². The van der Waals surface area contributed by atoms with Gasteiger partial charge in [-0.15, -0.1) is 0 Å². The maximum atomic E-state index is 11.4. The number of fused-ring (bicyclic) bond motifs is 2. The summed E-state index contributed by atoms with van der Waals surface area (Å²) in [5.41, 5.74) is 7.93. The number of aliphatic hydroxyl groups excluding tert-OH is 1. The minimum Gasteiger partial charge on any atom is -0.489 e. The molecule has 3 atom stereocenters. The van der Waals surface area contributed by atoms with Crippen molar-refractivity contribution in [3.05, 3.63) is 126 Å². The van der Waals surface area contributed by atoms with Gasteiger partial charge in [-0.2, -0.15) is 40.5 Å². The number of alkyl halides is 1. The molecule has 0 unspecified atom stereocenters. The van der Waals surface area contributed by atoms with Gasteiger partial charge in [0.15, 0.2) is 0 Å². The van der Waals surface area contributed by atoms with Gasteiger partial charge in [-0.25, -0.2) is 19.9 Å². The van der Waals surface area contributed by atoms with E-state index < -0.39 is 5.91 Å². The van der Waals surface area contributed by atoms with E-state index in [4.69, 9.17) is 14.7 Å². The molecule has 20 heteroatoms. The molecule has 0 saturated carbocycles. The van der Waals surface area contributed by atoms with E-state index in [0.29, 0.717) is 28.0 Å². The molecule has 0 bridgehead atoms. The second-order valence-electron chi connectivity index (χ2n) is 14.2. The van der Waals surface area contributed by atoms with Crippen LogP contribution in [0.15, 0.2) is 81.7 Å². The molecule has 360 valence electrons. The van der Waals surface area contributed by atoms with Gasteiger partial charge < -0.3 is 39.4 Å². The summed E-state index contributed by atoms with van der Waals surface area (Å²) >= 11 is 10.1. The summed E-state index contributed by atoms with van der Waals surface area (Å²) in [7, 11) is 4.11. The van der Waals surface area contributed by atoms with E-state index in [9.17, 15) is 24.3 Å². The number of amides is 1. The molecule has 2 heterocycles. The van der Waals surface area contributed by atoms with Crippen LogP contribution in [0.1, 0.15) is 97.3 Å². The van der Waals surface area contributed by atoms with Crippen molar-refractivity contribution in [2.45, 2.75) is 76.8 Å². The zero-order valence-corrected chi connectivity index (χ0v) is 44.8. The van der Waals surface area contributed by atoms with Gasteiger partial charge in [-0.1, -0.05) is 72.1 Å². The van der Waals surface area contributed by atoms with Crippen molar-refractivity contribution in [2.24, 2.45) is 0 Å². The third kappa shape index (κ3) is 20.6. The minimum atomic E-state index is -0.531. The number of rotatable bonds is 9. The van der Waals surface area contributed by atoms with E-state index in [1.807, 2.05) is 38.1 Å². The van der Waals surface area contributed by atoms with Gasteiger partial charge in [0.25, 0.3) is 5.91 Å². The molecule has 1 amide bonds. The molecule has 0 spiro atoms. The first-order valence-electron chi connectivity index (χ1n) is 19.6. The van der Waals surface area contributed by atoms with Gasteiger partial charge in [0.05, 0.1) is 44.1 Å². The number of hydrogen-bond acceptors (Lipinski definition) is 13. The first-order chi connectivity index (χ1) is 29.6. The Bertz CT molecular complexity index is 2060. The van der Waals surface area contributed by atoms with E-state index in [1.54, 1.807) is 60.9 Å². The van der Waals surface area contributed by atoms with Crippen molar-refractivity contribution in [1.82, 2.24) is 16.1 Å². The predicted octanol–water partition coefficient (Wildman–Crippen LogP) is 8.43. The molecule has 0 aliphatic carbocycles. The van der Waals surface area contributed by atoms with Crippen molar-refractivity contribution < 1.29 is 53.2 Å². The van der Waals surface area contributed by atoms with Crippen LogP contribution in [-0.2, 0) is 39.1 Å².